The Morgan fingerprint density at radius 1 is 1.00 bits per heavy atom. The first-order chi connectivity index (χ1) is 9.99. The summed E-state index contributed by atoms with van der Waals surface area (Å²) >= 11 is 18.2. The van der Waals surface area contributed by atoms with Crippen LogP contribution in [-0.4, -0.2) is 9.55 Å². The highest BCUT2D eigenvalue weighted by molar-refractivity contribution is 6.43. The van der Waals surface area contributed by atoms with E-state index in [1.807, 2.05) is 6.07 Å². The van der Waals surface area contributed by atoms with Crippen molar-refractivity contribution in [1.82, 2.24) is 9.55 Å². The van der Waals surface area contributed by atoms with Crippen molar-refractivity contribution < 1.29 is 0 Å². The van der Waals surface area contributed by atoms with Gasteiger partial charge in [-0.1, -0.05) is 46.9 Å². The van der Waals surface area contributed by atoms with Crippen LogP contribution in [0.3, 0.4) is 0 Å². The van der Waals surface area contributed by atoms with Crippen molar-refractivity contribution in [1.29, 1.82) is 0 Å². The minimum absolute atomic E-state index is 0. The second-order valence-corrected chi connectivity index (χ2v) is 5.76. The van der Waals surface area contributed by atoms with Crippen LogP contribution in [0.5, 0.6) is 0 Å². The summed E-state index contributed by atoms with van der Waals surface area (Å²) in [6.45, 7) is 1.74. The number of fused-ring (bicyclic) bond motifs is 1. The predicted molar refractivity (Wildman–Crippen MR) is 94.4 cm³/mol. The van der Waals surface area contributed by atoms with Gasteiger partial charge in [0, 0.05) is 0 Å². The molecule has 3 aromatic rings. The molecule has 0 fully saturated rings. The number of nitrogens with zero attached hydrogens (tertiary/aromatic N) is 2. The zero-order valence-corrected chi connectivity index (χ0v) is 14.4. The molecule has 1 aromatic heterocycles. The average molecular weight is 376 g/mol. The zero-order chi connectivity index (χ0) is 15.1. The van der Waals surface area contributed by atoms with E-state index in [4.69, 9.17) is 34.8 Å². The van der Waals surface area contributed by atoms with Crippen molar-refractivity contribution in [2.75, 3.05) is 0 Å². The maximum Gasteiger partial charge on any atom is 0.266 e. The van der Waals surface area contributed by atoms with Crippen molar-refractivity contribution in [3.8, 4) is 5.69 Å². The summed E-state index contributed by atoms with van der Waals surface area (Å²) in [5.74, 6) is 0.527. The molecule has 2 aromatic carbocycles. The number of aromatic nitrogens is 2. The fourth-order valence-electron chi connectivity index (χ4n) is 2.21. The molecule has 0 saturated carbocycles. The Labute approximate surface area is 147 Å². The number of rotatable bonds is 1. The SMILES string of the molecule is Cc1nc2ccccc2c(=O)n1-c1cc(Cl)c(Cl)cc1Cl.Cl. The Balaban J connectivity index is 0.00000176. The monoisotopic (exact) mass is 374 g/mol. The Morgan fingerprint density at radius 3 is 2.36 bits per heavy atom. The molecule has 3 nitrogen and oxygen atoms in total. The van der Waals surface area contributed by atoms with E-state index in [0.717, 1.165) is 0 Å². The highest BCUT2D eigenvalue weighted by Crippen LogP contribution is 2.31. The Morgan fingerprint density at radius 2 is 1.64 bits per heavy atom. The first-order valence-corrected chi connectivity index (χ1v) is 7.26. The molecule has 3 rings (SSSR count). The third-order valence-corrected chi connectivity index (χ3v) is 4.20. The maximum absolute atomic E-state index is 12.7. The van der Waals surface area contributed by atoms with Gasteiger partial charge in [0.25, 0.3) is 5.56 Å². The molecule has 22 heavy (non-hydrogen) atoms. The lowest BCUT2D eigenvalue weighted by molar-refractivity contribution is 0.895. The lowest BCUT2D eigenvalue weighted by Gasteiger charge is -2.13. The lowest BCUT2D eigenvalue weighted by Crippen LogP contribution is -2.22. The summed E-state index contributed by atoms with van der Waals surface area (Å²) in [5.41, 5.74) is 0.914. The quantitative estimate of drug-likeness (QED) is 0.556. The van der Waals surface area contributed by atoms with Crippen LogP contribution in [0, 0.1) is 6.92 Å². The smallest absolute Gasteiger partial charge is 0.266 e. The Bertz CT molecular complexity index is 921. The van der Waals surface area contributed by atoms with E-state index < -0.39 is 0 Å². The van der Waals surface area contributed by atoms with Gasteiger partial charge in [-0.25, -0.2) is 4.98 Å². The molecule has 0 spiro atoms. The van der Waals surface area contributed by atoms with Gasteiger partial charge >= 0.3 is 0 Å². The first-order valence-electron chi connectivity index (χ1n) is 6.12. The van der Waals surface area contributed by atoms with Gasteiger partial charge in [0.05, 0.1) is 31.7 Å². The predicted octanol–water partition coefficient (Wildman–Crippen LogP) is 5.08. The van der Waals surface area contributed by atoms with Crippen LogP contribution < -0.4 is 5.56 Å². The molecular formula is C15H10Cl4N2O. The van der Waals surface area contributed by atoms with Crippen LogP contribution in [0.25, 0.3) is 16.6 Å². The summed E-state index contributed by atoms with van der Waals surface area (Å²) in [6.07, 6.45) is 0. The number of aryl methyl sites for hydroxylation is 1. The summed E-state index contributed by atoms with van der Waals surface area (Å²) in [7, 11) is 0. The number of benzene rings is 2. The summed E-state index contributed by atoms with van der Waals surface area (Å²) in [6, 6.07) is 10.2. The molecule has 7 heteroatoms. The van der Waals surface area contributed by atoms with Crippen LogP contribution in [-0.2, 0) is 0 Å². The summed E-state index contributed by atoms with van der Waals surface area (Å²) in [4.78, 5) is 17.1. The van der Waals surface area contributed by atoms with Crippen LogP contribution >= 0.6 is 47.2 Å². The van der Waals surface area contributed by atoms with E-state index in [-0.39, 0.29) is 18.0 Å². The fraction of sp³-hybridized carbons (Fsp3) is 0.0667. The molecule has 0 N–H and O–H groups in total. The molecule has 0 aliphatic rings. The van der Waals surface area contributed by atoms with Gasteiger partial charge < -0.3 is 0 Å². The third kappa shape index (κ3) is 2.82. The van der Waals surface area contributed by atoms with Gasteiger partial charge in [-0.3, -0.25) is 9.36 Å². The van der Waals surface area contributed by atoms with E-state index in [9.17, 15) is 4.79 Å². The zero-order valence-electron chi connectivity index (χ0n) is 11.3. The van der Waals surface area contributed by atoms with Crippen LogP contribution in [0.4, 0.5) is 0 Å². The molecule has 0 aliphatic heterocycles. The van der Waals surface area contributed by atoms with Crippen LogP contribution in [0.1, 0.15) is 5.82 Å². The Hall–Kier alpha value is -1.26. The van der Waals surface area contributed by atoms with Crippen LogP contribution in [0.15, 0.2) is 41.2 Å². The Kier molecular flexibility index (Phi) is 5.03. The maximum atomic E-state index is 12.7. The second kappa shape index (κ2) is 6.47. The molecule has 0 amide bonds. The van der Waals surface area contributed by atoms with E-state index in [1.54, 1.807) is 31.2 Å². The largest absolute Gasteiger partial charge is 0.268 e. The minimum atomic E-state index is -0.196. The molecule has 0 unspecified atom stereocenters. The van der Waals surface area contributed by atoms with Gasteiger partial charge in [0.15, 0.2) is 0 Å². The molecule has 1 heterocycles. The molecular weight excluding hydrogens is 366 g/mol. The first kappa shape index (κ1) is 17.1. The van der Waals surface area contributed by atoms with Gasteiger partial charge in [-0.05, 0) is 31.2 Å². The van der Waals surface area contributed by atoms with Crippen molar-refractivity contribution >= 4 is 58.1 Å². The minimum Gasteiger partial charge on any atom is -0.268 e. The van der Waals surface area contributed by atoms with Gasteiger partial charge in [0.1, 0.15) is 5.82 Å². The van der Waals surface area contributed by atoms with Crippen molar-refractivity contribution in [3.63, 3.8) is 0 Å². The molecule has 0 saturated heterocycles. The van der Waals surface area contributed by atoms with E-state index in [2.05, 4.69) is 4.98 Å². The summed E-state index contributed by atoms with van der Waals surface area (Å²) < 4.78 is 1.44. The molecule has 0 bridgehead atoms. The topological polar surface area (TPSA) is 34.9 Å². The standard InChI is InChI=1S/C15H9Cl3N2O.ClH/c1-8-19-13-5-3-2-4-9(13)15(21)20(8)14-7-11(17)10(16)6-12(14)18;/h2-7H,1H3;1H. The highest BCUT2D eigenvalue weighted by atomic mass is 35.5. The molecule has 114 valence electrons. The fourth-order valence-corrected chi connectivity index (χ4v) is 2.84. The van der Waals surface area contributed by atoms with Crippen molar-refractivity contribution in [2.24, 2.45) is 0 Å². The molecule has 0 atom stereocenters. The van der Waals surface area contributed by atoms with Gasteiger partial charge in [0.2, 0.25) is 0 Å². The normalized spacial score (nSPS) is 10.5. The average Bonchev–Trinajstić information content (AvgIpc) is 2.44. The number of halogens is 4. The van der Waals surface area contributed by atoms with Crippen molar-refractivity contribution in [3.05, 3.63) is 67.6 Å². The third-order valence-electron chi connectivity index (χ3n) is 3.17. The van der Waals surface area contributed by atoms with Gasteiger partial charge in [-0.2, -0.15) is 0 Å². The number of para-hydroxylation sites is 1. The molecule has 0 aliphatic carbocycles. The lowest BCUT2D eigenvalue weighted by atomic mass is 10.2. The highest BCUT2D eigenvalue weighted by Gasteiger charge is 2.14. The van der Waals surface area contributed by atoms with Crippen molar-refractivity contribution in [2.45, 2.75) is 6.92 Å². The van der Waals surface area contributed by atoms with Crippen LogP contribution in [0.2, 0.25) is 15.1 Å². The number of hydrogen-bond donors (Lipinski definition) is 0. The van der Waals surface area contributed by atoms with E-state index in [0.29, 0.717) is 37.5 Å². The molecule has 0 radical (unpaired) electrons. The van der Waals surface area contributed by atoms with Gasteiger partial charge in [-0.15, -0.1) is 12.4 Å². The number of hydrogen-bond acceptors (Lipinski definition) is 2. The van der Waals surface area contributed by atoms with E-state index in [1.165, 1.54) is 10.6 Å². The summed E-state index contributed by atoms with van der Waals surface area (Å²) in [5, 5.41) is 1.53. The second-order valence-electron chi connectivity index (χ2n) is 4.53. The van der Waals surface area contributed by atoms with E-state index >= 15 is 0 Å².